The molecule has 19 heavy (non-hydrogen) atoms. The van der Waals surface area contributed by atoms with Gasteiger partial charge >= 0.3 is 0 Å². The highest BCUT2D eigenvalue weighted by Gasteiger charge is 2.11. The number of hydrogen-bond acceptors (Lipinski definition) is 2. The van der Waals surface area contributed by atoms with Crippen molar-refractivity contribution in [1.82, 2.24) is 14.6 Å². The van der Waals surface area contributed by atoms with Crippen LogP contribution < -0.4 is 0 Å². The van der Waals surface area contributed by atoms with E-state index in [0.717, 1.165) is 22.0 Å². The van der Waals surface area contributed by atoms with Crippen LogP contribution in [0.2, 0.25) is 5.28 Å². The molecular weight excluding hydrogens is 258 g/mol. The lowest BCUT2D eigenvalue weighted by molar-refractivity contribution is 0.935. The van der Waals surface area contributed by atoms with Gasteiger partial charge in [-0.15, -0.1) is 0 Å². The zero-order valence-electron chi connectivity index (χ0n) is 10.3. The Labute approximate surface area is 114 Å². The number of rotatable bonds is 0. The zero-order chi connectivity index (χ0) is 13.0. The molecule has 3 nitrogen and oxygen atoms in total. The van der Waals surface area contributed by atoms with Crippen LogP contribution in [0.1, 0.15) is 5.56 Å². The standard InChI is InChI=1S/C15H10ClN3/c1-9-8-17-19-14(9)12-6-10-4-2-3-5-11(10)7-13(12)18-15(19)16/h2-8H,1H3. The molecule has 0 atom stereocenters. The van der Waals surface area contributed by atoms with E-state index in [0.29, 0.717) is 5.28 Å². The van der Waals surface area contributed by atoms with E-state index in [1.165, 1.54) is 10.8 Å². The Bertz CT molecular complexity index is 940. The summed E-state index contributed by atoms with van der Waals surface area (Å²) in [5, 5.41) is 8.11. The smallest absolute Gasteiger partial charge is 0.218 e. The summed E-state index contributed by atoms with van der Waals surface area (Å²) >= 11 is 6.19. The summed E-state index contributed by atoms with van der Waals surface area (Å²) in [5.41, 5.74) is 3.03. The number of aromatic nitrogens is 3. The van der Waals surface area contributed by atoms with Gasteiger partial charge in [-0.2, -0.15) is 5.10 Å². The van der Waals surface area contributed by atoms with E-state index in [1.807, 2.05) is 25.3 Å². The largest absolute Gasteiger partial charge is 0.224 e. The van der Waals surface area contributed by atoms with E-state index in [4.69, 9.17) is 11.6 Å². The van der Waals surface area contributed by atoms with Crippen LogP contribution in [-0.4, -0.2) is 14.6 Å². The summed E-state index contributed by atoms with van der Waals surface area (Å²) in [7, 11) is 0. The average molecular weight is 268 g/mol. The molecule has 92 valence electrons. The van der Waals surface area contributed by atoms with Gasteiger partial charge < -0.3 is 0 Å². The van der Waals surface area contributed by atoms with Gasteiger partial charge in [0.05, 0.1) is 17.2 Å². The highest BCUT2D eigenvalue weighted by molar-refractivity contribution is 6.29. The average Bonchev–Trinajstić information content (AvgIpc) is 2.80. The van der Waals surface area contributed by atoms with Crippen LogP contribution >= 0.6 is 11.6 Å². The fraction of sp³-hybridized carbons (Fsp3) is 0.0667. The van der Waals surface area contributed by atoms with E-state index in [2.05, 4.69) is 34.3 Å². The summed E-state index contributed by atoms with van der Waals surface area (Å²) in [6, 6.07) is 12.5. The van der Waals surface area contributed by atoms with Crippen LogP contribution in [0.5, 0.6) is 0 Å². The highest BCUT2D eigenvalue weighted by Crippen LogP contribution is 2.28. The Balaban J connectivity index is 2.31. The lowest BCUT2D eigenvalue weighted by atomic mass is 10.1. The van der Waals surface area contributed by atoms with Gasteiger partial charge in [-0.1, -0.05) is 24.3 Å². The molecule has 0 aliphatic heterocycles. The van der Waals surface area contributed by atoms with Crippen molar-refractivity contribution in [3.8, 4) is 0 Å². The third kappa shape index (κ3) is 1.45. The van der Waals surface area contributed by atoms with Crippen molar-refractivity contribution in [3.63, 3.8) is 0 Å². The van der Waals surface area contributed by atoms with Crippen LogP contribution in [0.25, 0.3) is 27.2 Å². The molecular formula is C15H10ClN3. The molecule has 4 aromatic rings. The van der Waals surface area contributed by atoms with Crippen molar-refractivity contribution < 1.29 is 0 Å². The third-order valence-electron chi connectivity index (χ3n) is 3.46. The Kier molecular flexibility index (Phi) is 2.09. The third-order valence-corrected chi connectivity index (χ3v) is 3.70. The first kappa shape index (κ1) is 10.8. The SMILES string of the molecule is Cc1cnn2c(Cl)nc3cc4ccccc4cc3c12. The van der Waals surface area contributed by atoms with Gasteiger partial charge in [0.25, 0.3) is 0 Å². The first-order valence-corrected chi connectivity index (χ1v) is 6.44. The van der Waals surface area contributed by atoms with E-state index in [-0.39, 0.29) is 0 Å². The summed E-state index contributed by atoms with van der Waals surface area (Å²) in [6.45, 7) is 2.04. The number of hydrogen-bond donors (Lipinski definition) is 0. The summed E-state index contributed by atoms with van der Waals surface area (Å²) < 4.78 is 1.69. The predicted molar refractivity (Wildman–Crippen MR) is 77.7 cm³/mol. The lowest BCUT2D eigenvalue weighted by Gasteiger charge is -2.05. The normalized spacial score (nSPS) is 11.7. The van der Waals surface area contributed by atoms with Gasteiger partial charge in [-0.25, -0.2) is 9.50 Å². The maximum Gasteiger partial charge on any atom is 0.224 e. The summed E-state index contributed by atoms with van der Waals surface area (Å²) in [6.07, 6.45) is 1.82. The van der Waals surface area contributed by atoms with E-state index in [9.17, 15) is 0 Å². The van der Waals surface area contributed by atoms with Crippen molar-refractivity contribution in [3.05, 3.63) is 53.4 Å². The van der Waals surface area contributed by atoms with Crippen LogP contribution in [0.3, 0.4) is 0 Å². The Morgan fingerprint density at radius 2 is 1.84 bits per heavy atom. The molecule has 0 unspecified atom stereocenters. The van der Waals surface area contributed by atoms with Crippen molar-refractivity contribution in [2.45, 2.75) is 6.92 Å². The molecule has 0 amide bonds. The predicted octanol–water partition coefficient (Wildman–Crippen LogP) is 4.00. The molecule has 0 N–H and O–H groups in total. The van der Waals surface area contributed by atoms with Crippen LogP contribution in [0, 0.1) is 6.92 Å². The highest BCUT2D eigenvalue weighted by atomic mass is 35.5. The molecule has 0 spiro atoms. The molecule has 4 heteroatoms. The quantitative estimate of drug-likeness (QED) is 0.356. The molecule has 0 saturated carbocycles. The first-order valence-electron chi connectivity index (χ1n) is 6.06. The fourth-order valence-electron chi connectivity index (χ4n) is 2.55. The van der Waals surface area contributed by atoms with Gasteiger partial charge in [0.2, 0.25) is 5.28 Å². The van der Waals surface area contributed by atoms with E-state index >= 15 is 0 Å². The summed E-state index contributed by atoms with van der Waals surface area (Å²) in [5.74, 6) is 0. The van der Waals surface area contributed by atoms with Gasteiger partial charge in [0, 0.05) is 5.39 Å². The maximum atomic E-state index is 6.19. The van der Waals surface area contributed by atoms with Gasteiger partial charge in [0.15, 0.2) is 0 Å². The molecule has 0 bridgehead atoms. The van der Waals surface area contributed by atoms with Gasteiger partial charge in [-0.3, -0.25) is 0 Å². The fourth-order valence-corrected chi connectivity index (χ4v) is 2.77. The van der Waals surface area contributed by atoms with Crippen molar-refractivity contribution >= 4 is 38.8 Å². The Morgan fingerprint density at radius 3 is 2.63 bits per heavy atom. The second-order valence-corrected chi connectivity index (χ2v) is 5.02. The van der Waals surface area contributed by atoms with E-state index < -0.39 is 0 Å². The Hall–Kier alpha value is -2.13. The number of halogens is 1. The molecule has 0 fully saturated rings. The lowest BCUT2D eigenvalue weighted by Crippen LogP contribution is -1.94. The second kappa shape index (κ2) is 3.68. The van der Waals surface area contributed by atoms with Crippen molar-refractivity contribution in [2.24, 2.45) is 0 Å². The molecule has 2 aromatic heterocycles. The Morgan fingerprint density at radius 1 is 1.11 bits per heavy atom. The van der Waals surface area contributed by atoms with Crippen LogP contribution in [0.15, 0.2) is 42.6 Å². The number of aryl methyl sites for hydroxylation is 1. The molecule has 4 rings (SSSR count). The molecule has 2 aromatic carbocycles. The van der Waals surface area contributed by atoms with Gasteiger partial charge in [-0.05, 0) is 47.0 Å². The van der Waals surface area contributed by atoms with Crippen molar-refractivity contribution in [2.75, 3.05) is 0 Å². The monoisotopic (exact) mass is 267 g/mol. The van der Waals surface area contributed by atoms with Crippen LogP contribution in [-0.2, 0) is 0 Å². The number of nitrogens with zero attached hydrogens (tertiary/aromatic N) is 3. The first-order chi connectivity index (χ1) is 9.24. The topological polar surface area (TPSA) is 30.2 Å². The maximum absolute atomic E-state index is 6.19. The minimum atomic E-state index is 0.394. The van der Waals surface area contributed by atoms with Gasteiger partial charge in [0.1, 0.15) is 0 Å². The molecule has 2 heterocycles. The summed E-state index contributed by atoms with van der Waals surface area (Å²) in [4.78, 5) is 4.43. The molecule has 0 saturated heterocycles. The minimum absolute atomic E-state index is 0.394. The number of fused-ring (bicyclic) bond motifs is 4. The van der Waals surface area contributed by atoms with E-state index in [1.54, 1.807) is 4.52 Å². The minimum Gasteiger partial charge on any atom is -0.218 e. The molecule has 0 aliphatic carbocycles. The molecule has 0 aliphatic rings. The van der Waals surface area contributed by atoms with Crippen LogP contribution in [0.4, 0.5) is 0 Å². The second-order valence-electron chi connectivity index (χ2n) is 4.69. The zero-order valence-corrected chi connectivity index (χ0v) is 11.0. The number of benzene rings is 2. The van der Waals surface area contributed by atoms with Crippen molar-refractivity contribution in [1.29, 1.82) is 0 Å². The molecule has 0 radical (unpaired) electrons.